The molecular formula is C16H16NO4S-. The molecule has 5 nitrogen and oxygen atoms in total. The van der Waals surface area contributed by atoms with Gasteiger partial charge in [-0.25, -0.2) is 0 Å². The summed E-state index contributed by atoms with van der Waals surface area (Å²) in [4.78, 5) is 10.5. The van der Waals surface area contributed by atoms with Crippen molar-refractivity contribution in [3.63, 3.8) is 0 Å². The second-order valence-electron chi connectivity index (χ2n) is 4.73. The lowest BCUT2D eigenvalue weighted by Gasteiger charge is -2.26. The maximum Gasteiger partial charge on any atom is 0.303 e. The van der Waals surface area contributed by atoms with Crippen molar-refractivity contribution in [3.8, 4) is 11.1 Å². The van der Waals surface area contributed by atoms with Crippen LogP contribution in [0.15, 0.2) is 54.6 Å². The van der Waals surface area contributed by atoms with Gasteiger partial charge in [0.25, 0.3) is 0 Å². The molecule has 0 saturated carbocycles. The minimum atomic E-state index is -2.43. The molecule has 0 aliphatic rings. The molecule has 6 heteroatoms. The molecule has 0 aliphatic carbocycles. The van der Waals surface area contributed by atoms with Crippen molar-refractivity contribution < 1.29 is 18.7 Å². The van der Waals surface area contributed by atoms with Crippen molar-refractivity contribution in [1.29, 1.82) is 0 Å². The summed E-state index contributed by atoms with van der Waals surface area (Å²) >= 11 is -2.43. The maximum absolute atomic E-state index is 11.3. The molecule has 0 bridgehead atoms. The predicted molar refractivity (Wildman–Crippen MR) is 85.0 cm³/mol. The van der Waals surface area contributed by atoms with E-state index in [2.05, 4.69) is 0 Å². The largest absolute Gasteiger partial charge is 0.755 e. The highest BCUT2D eigenvalue weighted by Gasteiger charge is 2.08. The van der Waals surface area contributed by atoms with Gasteiger partial charge in [-0.15, -0.1) is 0 Å². The van der Waals surface area contributed by atoms with E-state index in [4.69, 9.17) is 5.11 Å². The zero-order valence-electron chi connectivity index (χ0n) is 11.8. The van der Waals surface area contributed by atoms with Crippen LogP contribution in [0.25, 0.3) is 11.1 Å². The molecule has 0 fully saturated rings. The first kappa shape index (κ1) is 16.2. The van der Waals surface area contributed by atoms with Crippen molar-refractivity contribution in [2.45, 2.75) is 12.8 Å². The third-order valence-corrected chi connectivity index (χ3v) is 3.95. The van der Waals surface area contributed by atoms with E-state index in [1.54, 1.807) is 12.1 Å². The quantitative estimate of drug-likeness (QED) is 0.796. The molecule has 1 N–H and O–H groups in total. The minimum Gasteiger partial charge on any atom is -0.755 e. The second-order valence-corrected chi connectivity index (χ2v) is 5.60. The molecule has 0 heterocycles. The Balaban J connectivity index is 2.12. The Labute approximate surface area is 131 Å². The second kappa shape index (κ2) is 7.72. The molecule has 0 saturated heterocycles. The van der Waals surface area contributed by atoms with Crippen LogP contribution >= 0.6 is 0 Å². The molecular weight excluding hydrogens is 302 g/mol. The van der Waals surface area contributed by atoms with Gasteiger partial charge in [0.15, 0.2) is 0 Å². The normalized spacial score (nSPS) is 11.9. The van der Waals surface area contributed by atoms with Crippen molar-refractivity contribution in [3.05, 3.63) is 54.6 Å². The SMILES string of the molecule is O=C(O)CCCN(c1ccc(-c2ccccc2)cc1)S(=O)[O-]. The first-order chi connectivity index (χ1) is 10.6. The Bertz CT molecular complexity index is 643. The van der Waals surface area contributed by atoms with Gasteiger partial charge < -0.3 is 14.0 Å². The van der Waals surface area contributed by atoms with Crippen molar-refractivity contribution in [1.82, 2.24) is 0 Å². The minimum absolute atomic E-state index is 0.0597. The highest BCUT2D eigenvalue weighted by Crippen LogP contribution is 2.23. The molecule has 1 atom stereocenters. The van der Waals surface area contributed by atoms with Gasteiger partial charge in [-0.1, -0.05) is 42.5 Å². The van der Waals surface area contributed by atoms with Gasteiger partial charge in [0.2, 0.25) is 0 Å². The van der Waals surface area contributed by atoms with Crippen LogP contribution in [0.1, 0.15) is 12.8 Å². The lowest BCUT2D eigenvalue weighted by molar-refractivity contribution is -0.137. The zero-order chi connectivity index (χ0) is 15.9. The monoisotopic (exact) mass is 318 g/mol. The number of hydrogen-bond donors (Lipinski definition) is 1. The van der Waals surface area contributed by atoms with E-state index < -0.39 is 17.2 Å². The van der Waals surface area contributed by atoms with Crippen LogP contribution in [0.2, 0.25) is 0 Å². The predicted octanol–water partition coefficient (Wildman–Crippen LogP) is 2.82. The summed E-state index contributed by atoms with van der Waals surface area (Å²) in [5.41, 5.74) is 2.57. The summed E-state index contributed by atoms with van der Waals surface area (Å²) < 4.78 is 23.8. The molecule has 0 amide bonds. The summed E-state index contributed by atoms with van der Waals surface area (Å²) in [6, 6.07) is 16.9. The molecule has 116 valence electrons. The topological polar surface area (TPSA) is 80.7 Å². The van der Waals surface area contributed by atoms with Crippen LogP contribution in [-0.4, -0.2) is 26.4 Å². The lowest BCUT2D eigenvalue weighted by atomic mass is 10.1. The fourth-order valence-electron chi connectivity index (χ4n) is 2.11. The van der Waals surface area contributed by atoms with Gasteiger partial charge in [0.05, 0.1) is 0 Å². The summed E-state index contributed by atoms with van der Waals surface area (Å²) in [5, 5.41) is 8.63. The Morgan fingerprint density at radius 1 is 1.05 bits per heavy atom. The summed E-state index contributed by atoms with van der Waals surface area (Å²) in [6.45, 7) is 0.146. The van der Waals surface area contributed by atoms with E-state index in [9.17, 15) is 13.6 Å². The summed E-state index contributed by atoms with van der Waals surface area (Å²) in [6.07, 6.45) is 0.208. The van der Waals surface area contributed by atoms with E-state index in [-0.39, 0.29) is 19.4 Å². The van der Waals surface area contributed by atoms with Crippen LogP contribution in [0.4, 0.5) is 5.69 Å². The molecule has 0 aromatic heterocycles. The molecule has 0 spiro atoms. The maximum atomic E-state index is 11.3. The number of carboxylic acids is 1. The van der Waals surface area contributed by atoms with Crippen LogP contribution in [0, 0.1) is 0 Å². The fourth-order valence-corrected chi connectivity index (χ4v) is 2.69. The number of hydrogen-bond acceptors (Lipinski definition) is 3. The van der Waals surface area contributed by atoms with Gasteiger partial charge in [0.1, 0.15) is 0 Å². The van der Waals surface area contributed by atoms with Gasteiger partial charge in [-0.3, -0.25) is 9.00 Å². The average Bonchev–Trinajstić information content (AvgIpc) is 2.52. The number of carbonyl (C=O) groups is 1. The first-order valence-electron chi connectivity index (χ1n) is 6.82. The molecule has 1 unspecified atom stereocenters. The molecule has 2 rings (SSSR count). The average molecular weight is 318 g/mol. The number of carboxylic acid groups (broad SMARTS) is 1. The van der Waals surface area contributed by atoms with Crippen LogP contribution in [-0.2, 0) is 16.1 Å². The third-order valence-electron chi connectivity index (χ3n) is 3.19. The van der Waals surface area contributed by atoms with E-state index in [1.165, 1.54) is 0 Å². The van der Waals surface area contributed by atoms with Crippen molar-refractivity contribution in [2.75, 3.05) is 10.8 Å². The molecule has 0 aliphatic heterocycles. The van der Waals surface area contributed by atoms with Crippen LogP contribution in [0.5, 0.6) is 0 Å². The number of benzene rings is 2. The molecule has 22 heavy (non-hydrogen) atoms. The number of aliphatic carboxylic acids is 1. The number of anilines is 1. The van der Waals surface area contributed by atoms with E-state index >= 15 is 0 Å². The lowest BCUT2D eigenvalue weighted by Crippen LogP contribution is -2.26. The number of rotatable bonds is 7. The molecule has 2 aromatic rings. The third kappa shape index (κ3) is 4.41. The van der Waals surface area contributed by atoms with Crippen molar-refractivity contribution >= 4 is 22.9 Å². The fraction of sp³-hybridized carbons (Fsp3) is 0.188. The van der Waals surface area contributed by atoms with Gasteiger partial charge in [-0.2, -0.15) is 0 Å². The van der Waals surface area contributed by atoms with Crippen molar-refractivity contribution in [2.24, 2.45) is 0 Å². The highest BCUT2D eigenvalue weighted by molar-refractivity contribution is 7.80. The van der Waals surface area contributed by atoms with Gasteiger partial charge in [0, 0.05) is 29.9 Å². The standard InChI is InChI=1S/C16H17NO4S/c18-16(19)7-4-12-17(22(20)21)15-10-8-14(9-11-15)13-5-2-1-3-6-13/h1-3,5-6,8-11H,4,7,12H2,(H,18,19)(H,20,21)/p-1. The Morgan fingerprint density at radius 2 is 1.64 bits per heavy atom. The Hall–Kier alpha value is -2.18. The summed E-state index contributed by atoms with van der Waals surface area (Å²) in [5.74, 6) is -0.934. The Morgan fingerprint density at radius 3 is 2.18 bits per heavy atom. The smallest absolute Gasteiger partial charge is 0.303 e. The van der Waals surface area contributed by atoms with E-state index in [0.29, 0.717) is 5.69 Å². The van der Waals surface area contributed by atoms with E-state index in [1.807, 2.05) is 42.5 Å². The molecule has 2 aromatic carbocycles. The van der Waals surface area contributed by atoms with E-state index in [0.717, 1.165) is 15.4 Å². The van der Waals surface area contributed by atoms with Gasteiger partial charge >= 0.3 is 5.97 Å². The zero-order valence-corrected chi connectivity index (χ0v) is 12.7. The first-order valence-corrected chi connectivity index (χ1v) is 7.85. The number of nitrogens with zero attached hydrogens (tertiary/aromatic N) is 1. The van der Waals surface area contributed by atoms with Crippen LogP contribution in [0.3, 0.4) is 0 Å². The van der Waals surface area contributed by atoms with Gasteiger partial charge in [-0.05, 0) is 29.7 Å². The molecule has 0 radical (unpaired) electrons. The van der Waals surface area contributed by atoms with Crippen LogP contribution < -0.4 is 4.31 Å². The Kier molecular flexibility index (Phi) is 5.68. The summed E-state index contributed by atoms with van der Waals surface area (Å²) in [7, 11) is 0. The highest BCUT2D eigenvalue weighted by atomic mass is 32.2.